The summed E-state index contributed by atoms with van der Waals surface area (Å²) in [4.78, 5) is 10.8. The Balaban J connectivity index is 5.01. The van der Waals surface area contributed by atoms with Gasteiger partial charge in [0.2, 0.25) is 0 Å². The summed E-state index contributed by atoms with van der Waals surface area (Å²) in [5, 5.41) is 8.87. The standard InChI is InChI=1S/C36H66O2/c1-4-7-10-13-16-20-25-30-34(29-24-19-15-12-9-6-3)35(31-26-21-17-14-11-8-5-2)32-27-22-18-23-28-33-36(37)38/h16-17,20-21,30,35H,4-15,18-19,22-29,31-33H2,1-3H3,(H,37,38)/b20-16+,21-17+,34-30-. The van der Waals surface area contributed by atoms with Gasteiger partial charge < -0.3 is 5.11 Å². The maximum atomic E-state index is 10.8. The molecule has 0 heterocycles. The molecule has 0 saturated carbocycles. The van der Waals surface area contributed by atoms with Crippen LogP contribution in [0.4, 0.5) is 0 Å². The first-order valence-electron chi connectivity index (χ1n) is 16.9. The van der Waals surface area contributed by atoms with Crippen molar-refractivity contribution in [3.05, 3.63) is 36.0 Å². The third-order valence-electron chi connectivity index (χ3n) is 7.77. The average Bonchev–Trinajstić information content (AvgIpc) is 2.91. The average molecular weight is 531 g/mol. The highest BCUT2D eigenvalue weighted by molar-refractivity contribution is 5.66. The highest BCUT2D eigenvalue weighted by atomic mass is 16.4. The molecule has 0 radical (unpaired) electrons. The van der Waals surface area contributed by atoms with Crippen molar-refractivity contribution in [2.75, 3.05) is 0 Å². The fourth-order valence-corrected chi connectivity index (χ4v) is 5.29. The minimum atomic E-state index is -0.656. The molecule has 0 fully saturated rings. The van der Waals surface area contributed by atoms with Crippen LogP contribution in [-0.4, -0.2) is 11.1 Å². The Labute approximate surface area is 238 Å². The third kappa shape index (κ3) is 26.3. The zero-order valence-corrected chi connectivity index (χ0v) is 26.0. The maximum Gasteiger partial charge on any atom is 0.303 e. The van der Waals surface area contributed by atoms with Crippen molar-refractivity contribution in [2.45, 2.75) is 181 Å². The van der Waals surface area contributed by atoms with E-state index >= 15 is 0 Å². The van der Waals surface area contributed by atoms with Gasteiger partial charge in [-0.2, -0.15) is 0 Å². The predicted octanol–water partition coefficient (Wildman–Crippen LogP) is 12.5. The van der Waals surface area contributed by atoms with Crippen LogP contribution in [-0.2, 0) is 4.79 Å². The number of carbonyl (C=O) groups is 1. The first-order chi connectivity index (χ1) is 18.7. The lowest BCUT2D eigenvalue weighted by Crippen LogP contribution is -2.06. The molecule has 0 aliphatic carbocycles. The summed E-state index contributed by atoms with van der Waals surface area (Å²) in [5.74, 6) is 0.0511. The largest absolute Gasteiger partial charge is 0.481 e. The van der Waals surface area contributed by atoms with E-state index in [4.69, 9.17) is 5.11 Å². The quantitative estimate of drug-likeness (QED) is 0.0771. The van der Waals surface area contributed by atoms with E-state index in [-0.39, 0.29) is 0 Å². The van der Waals surface area contributed by atoms with Crippen molar-refractivity contribution >= 4 is 5.97 Å². The topological polar surface area (TPSA) is 37.3 Å². The van der Waals surface area contributed by atoms with Crippen LogP contribution in [0.1, 0.15) is 181 Å². The number of unbranched alkanes of at least 4 members (excludes halogenated alkanes) is 15. The van der Waals surface area contributed by atoms with Gasteiger partial charge in [-0.05, 0) is 76.5 Å². The number of carboxylic acids is 1. The van der Waals surface area contributed by atoms with Crippen LogP contribution in [0, 0.1) is 5.92 Å². The molecule has 222 valence electrons. The third-order valence-corrected chi connectivity index (χ3v) is 7.77. The Morgan fingerprint density at radius 2 is 1.05 bits per heavy atom. The summed E-state index contributed by atoms with van der Waals surface area (Å²) in [6.45, 7) is 6.85. The minimum Gasteiger partial charge on any atom is -0.481 e. The van der Waals surface area contributed by atoms with Crippen LogP contribution in [0.3, 0.4) is 0 Å². The molecule has 0 aliphatic rings. The highest BCUT2D eigenvalue weighted by Gasteiger charge is 2.13. The lowest BCUT2D eigenvalue weighted by atomic mass is 9.85. The van der Waals surface area contributed by atoms with E-state index in [2.05, 4.69) is 51.2 Å². The van der Waals surface area contributed by atoms with Gasteiger partial charge in [0, 0.05) is 6.42 Å². The molecule has 0 spiro atoms. The Bertz CT molecular complexity index is 586. The van der Waals surface area contributed by atoms with Crippen molar-refractivity contribution in [2.24, 2.45) is 5.92 Å². The molecular weight excluding hydrogens is 464 g/mol. The molecule has 0 saturated heterocycles. The van der Waals surface area contributed by atoms with E-state index < -0.39 is 5.97 Å². The fraction of sp³-hybridized carbons (Fsp3) is 0.806. The maximum absolute atomic E-state index is 10.8. The number of hydrogen-bond donors (Lipinski definition) is 1. The Kier molecular flexibility index (Phi) is 29.2. The molecule has 38 heavy (non-hydrogen) atoms. The zero-order valence-electron chi connectivity index (χ0n) is 26.0. The Hall–Kier alpha value is -1.31. The van der Waals surface area contributed by atoms with Crippen molar-refractivity contribution < 1.29 is 9.90 Å². The van der Waals surface area contributed by atoms with Gasteiger partial charge >= 0.3 is 5.97 Å². The number of hydrogen-bond acceptors (Lipinski definition) is 1. The molecule has 0 aromatic carbocycles. The first-order valence-corrected chi connectivity index (χ1v) is 16.9. The highest BCUT2D eigenvalue weighted by Crippen LogP contribution is 2.29. The molecule has 0 rings (SSSR count). The van der Waals surface area contributed by atoms with Crippen LogP contribution in [0.5, 0.6) is 0 Å². The van der Waals surface area contributed by atoms with E-state index in [1.54, 1.807) is 5.57 Å². The summed E-state index contributed by atoms with van der Waals surface area (Å²) < 4.78 is 0. The molecule has 1 atom stereocenters. The number of aliphatic carboxylic acids is 1. The van der Waals surface area contributed by atoms with Gasteiger partial charge in [0.15, 0.2) is 0 Å². The monoisotopic (exact) mass is 531 g/mol. The summed E-state index contributed by atoms with van der Waals surface area (Å²) in [7, 11) is 0. The molecule has 1 unspecified atom stereocenters. The second-order valence-corrected chi connectivity index (χ2v) is 11.4. The number of rotatable bonds is 29. The van der Waals surface area contributed by atoms with Gasteiger partial charge in [-0.1, -0.05) is 140 Å². The second-order valence-electron chi connectivity index (χ2n) is 11.4. The van der Waals surface area contributed by atoms with Gasteiger partial charge in [0.1, 0.15) is 0 Å². The molecule has 0 aromatic rings. The lowest BCUT2D eigenvalue weighted by Gasteiger charge is -2.21. The number of carboxylic acid groups (broad SMARTS) is 1. The summed E-state index contributed by atoms with van der Waals surface area (Å²) in [6.07, 6.45) is 42.9. The van der Waals surface area contributed by atoms with Crippen molar-refractivity contribution in [3.8, 4) is 0 Å². The minimum absolute atomic E-state index is 0.324. The van der Waals surface area contributed by atoms with Gasteiger partial charge in [-0.25, -0.2) is 0 Å². The molecule has 0 amide bonds. The fourth-order valence-electron chi connectivity index (χ4n) is 5.29. The van der Waals surface area contributed by atoms with Crippen LogP contribution in [0.25, 0.3) is 0 Å². The normalized spacial score (nSPS) is 13.2. The molecule has 2 nitrogen and oxygen atoms in total. The SMILES string of the molecule is CCCCC/C=C/C/C=C(/CCCCCCCC)C(CC/C=C/CCCCC)CCCCCCCC(=O)O. The van der Waals surface area contributed by atoms with E-state index in [1.807, 2.05) is 0 Å². The smallest absolute Gasteiger partial charge is 0.303 e. The number of allylic oxidation sites excluding steroid dienone is 6. The molecular formula is C36H66O2. The van der Waals surface area contributed by atoms with Crippen LogP contribution in [0.15, 0.2) is 36.0 Å². The molecule has 1 N–H and O–H groups in total. The molecule has 2 heteroatoms. The Morgan fingerprint density at radius 3 is 1.68 bits per heavy atom. The van der Waals surface area contributed by atoms with E-state index in [1.165, 1.54) is 135 Å². The van der Waals surface area contributed by atoms with Crippen LogP contribution in [0.2, 0.25) is 0 Å². The van der Waals surface area contributed by atoms with Crippen LogP contribution >= 0.6 is 0 Å². The van der Waals surface area contributed by atoms with Gasteiger partial charge in [-0.3, -0.25) is 4.79 Å². The summed E-state index contributed by atoms with van der Waals surface area (Å²) in [6, 6.07) is 0. The van der Waals surface area contributed by atoms with Crippen molar-refractivity contribution in [1.29, 1.82) is 0 Å². The van der Waals surface area contributed by atoms with E-state index in [0.717, 1.165) is 19.3 Å². The molecule has 0 aromatic heterocycles. The van der Waals surface area contributed by atoms with E-state index in [9.17, 15) is 4.79 Å². The zero-order chi connectivity index (χ0) is 27.9. The first kappa shape index (κ1) is 36.7. The summed E-state index contributed by atoms with van der Waals surface area (Å²) in [5.41, 5.74) is 1.73. The summed E-state index contributed by atoms with van der Waals surface area (Å²) >= 11 is 0. The van der Waals surface area contributed by atoms with Gasteiger partial charge in [-0.15, -0.1) is 0 Å². The second kappa shape index (κ2) is 30.2. The van der Waals surface area contributed by atoms with Gasteiger partial charge in [0.25, 0.3) is 0 Å². The molecule has 0 bridgehead atoms. The predicted molar refractivity (Wildman–Crippen MR) is 170 cm³/mol. The van der Waals surface area contributed by atoms with E-state index in [0.29, 0.717) is 12.3 Å². The van der Waals surface area contributed by atoms with Crippen LogP contribution < -0.4 is 0 Å². The van der Waals surface area contributed by atoms with Gasteiger partial charge in [0.05, 0.1) is 0 Å². The van der Waals surface area contributed by atoms with Crippen molar-refractivity contribution in [1.82, 2.24) is 0 Å². The van der Waals surface area contributed by atoms with Crippen molar-refractivity contribution in [3.63, 3.8) is 0 Å². The Morgan fingerprint density at radius 1 is 0.553 bits per heavy atom. The molecule has 0 aliphatic heterocycles. The lowest BCUT2D eigenvalue weighted by molar-refractivity contribution is -0.137.